The van der Waals surface area contributed by atoms with Crippen LogP contribution in [0.2, 0.25) is 0 Å². The summed E-state index contributed by atoms with van der Waals surface area (Å²) in [5.74, 6) is -5.88. The summed E-state index contributed by atoms with van der Waals surface area (Å²) in [5.41, 5.74) is 5.52. The molecule has 0 fully saturated rings. The Bertz CT molecular complexity index is 612. The van der Waals surface area contributed by atoms with E-state index in [4.69, 9.17) is 21.1 Å². The highest BCUT2D eigenvalue weighted by Gasteiger charge is 2.32. The van der Waals surface area contributed by atoms with Crippen molar-refractivity contribution in [3.05, 3.63) is 0 Å². The maximum Gasteiger partial charge on any atom is 0.328 e. The second kappa shape index (κ2) is 12.6. The van der Waals surface area contributed by atoms with Crippen molar-refractivity contribution in [2.75, 3.05) is 13.2 Å². The Kier molecular flexibility index (Phi) is 11.4. The summed E-state index contributed by atoms with van der Waals surface area (Å²) in [6.07, 6.45) is -2.09. The van der Waals surface area contributed by atoms with E-state index >= 15 is 0 Å². The molecule has 0 aromatic heterocycles. The van der Waals surface area contributed by atoms with Gasteiger partial charge in [-0.3, -0.25) is 19.2 Å². The highest BCUT2D eigenvalue weighted by Crippen LogP contribution is 2.00. The number of rotatable bonds is 13. The molecule has 0 bridgehead atoms. The van der Waals surface area contributed by atoms with Gasteiger partial charge in [0.25, 0.3) is 0 Å². The first-order chi connectivity index (χ1) is 13.4. The summed E-state index contributed by atoms with van der Waals surface area (Å²) in [6, 6.07) is -6.20. The van der Waals surface area contributed by atoms with E-state index in [1.807, 2.05) is 10.6 Å². The van der Waals surface area contributed by atoms with E-state index in [1.54, 1.807) is 0 Å². The van der Waals surface area contributed by atoms with Crippen molar-refractivity contribution in [2.45, 2.75) is 50.0 Å². The van der Waals surface area contributed by atoms with Crippen LogP contribution in [0.15, 0.2) is 0 Å². The van der Waals surface area contributed by atoms with Crippen LogP contribution in [0.1, 0.15) is 19.8 Å². The lowest BCUT2D eigenvalue weighted by Crippen LogP contribution is -2.60. The largest absolute Gasteiger partial charge is 0.481 e. The molecule has 0 heterocycles. The molecule has 5 unspecified atom stereocenters. The van der Waals surface area contributed by atoms with Gasteiger partial charge < -0.3 is 47.2 Å². The molecule has 0 aromatic carbocycles. The fraction of sp³-hybridized carbons (Fsp3) is 0.667. The van der Waals surface area contributed by atoms with Gasteiger partial charge in [0, 0.05) is 6.42 Å². The zero-order valence-corrected chi connectivity index (χ0v) is 15.6. The second-order valence-corrected chi connectivity index (χ2v) is 6.09. The normalized spacial score (nSPS) is 15.9. The van der Waals surface area contributed by atoms with Crippen LogP contribution in [0, 0.1) is 0 Å². The Morgan fingerprint density at radius 1 is 0.862 bits per heavy atom. The number of hydrogen-bond donors (Lipinski definition) is 9. The van der Waals surface area contributed by atoms with Crippen molar-refractivity contribution in [3.63, 3.8) is 0 Å². The third-order valence-corrected chi connectivity index (χ3v) is 3.68. The minimum atomic E-state index is -1.67. The van der Waals surface area contributed by atoms with Gasteiger partial charge in [-0.15, -0.1) is 0 Å². The Hall–Kier alpha value is -2.81. The van der Waals surface area contributed by atoms with Crippen LogP contribution in [0.5, 0.6) is 0 Å². The fourth-order valence-corrected chi connectivity index (χ4v) is 1.99. The van der Waals surface area contributed by atoms with Crippen LogP contribution < -0.4 is 21.7 Å². The number of amides is 3. The zero-order chi connectivity index (χ0) is 22.7. The number of nitrogens with one attached hydrogen (secondary N) is 3. The molecule has 5 atom stereocenters. The first kappa shape index (κ1) is 26.2. The number of hydrogen-bond acceptors (Lipinski definition) is 9. The standard InChI is InChI=1S/C15H26N4O10/c1-6(22)11(19-12(25)7(16)2-3-10(23)24)14(27)17-8(4-20)13(26)18-9(5-21)15(28)29/h6-9,11,20-22H,2-5,16H2,1H3,(H,17,27)(H,18,26)(H,19,25)(H,23,24)(H,28,29). The Balaban J connectivity index is 5.05. The summed E-state index contributed by atoms with van der Waals surface area (Å²) in [7, 11) is 0. The van der Waals surface area contributed by atoms with E-state index in [0.29, 0.717) is 0 Å². The van der Waals surface area contributed by atoms with Gasteiger partial charge in [-0.2, -0.15) is 0 Å². The minimum absolute atomic E-state index is 0.227. The van der Waals surface area contributed by atoms with E-state index in [2.05, 4.69) is 5.32 Å². The highest BCUT2D eigenvalue weighted by molar-refractivity contribution is 5.94. The number of carbonyl (C=O) groups is 5. The third kappa shape index (κ3) is 9.29. The Morgan fingerprint density at radius 3 is 1.79 bits per heavy atom. The van der Waals surface area contributed by atoms with Crippen LogP contribution in [0.3, 0.4) is 0 Å². The number of nitrogens with two attached hydrogens (primary N) is 1. The monoisotopic (exact) mass is 422 g/mol. The maximum atomic E-state index is 12.3. The quantitative estimate of drug-likeness (QED) is 0.136. The van der Waals surface area contributed by atoms with E-state index in [1.165, 1.54) is 0 Å². The molecule has 166 valence electrons. The summed E-state index contributed by atoms with van der Waals surface area (Å²) in [6.45, 7) is -0.741. The van der Waals surface area contributed by atoms with E-state index in [9.17, 15) is 34.2 Å². The third-order valence-electron chi connectivity index (χ3n) is 3.68. The predicted octanol–water partition coefficient (Wildman–Crippen LogP) is -4.92. The molecule has 10 N–H and O–H groups in total. The van der Waals surface area contributed by atoms with Gasteiger partial charge in [-0.25, -0.2) is 4.79 Å². The van der Waals surface area contributed by atoms with Gasteiger partial charge in [-0.05, 0) is 13.3 Å². The molecular formula is C15H26N4O10. The van der Waals surface area contributed by atoms with Gasteiger partial charge in [0.1, 0.15) is 18.1 Å². The summed E-state index contributed by atoms with van der Waals surface area (Å²) >= 11 is 0. The molecule has 0 radical (unpaired) electrons. The maximum absolute atomic E-state index is 12.3. The van der Waals surface area contributed by atoms with Crippen molar-refractivity contribution >= 4 is 29.7 Å². The Morgan fingerprint density at radius 2 is 1.38 bits per heavy atom. The van der Waals surface area contributed by atoms with Crippen molar-refractivity contribution in [1.29, 1.82) is 0 Å². The molecule has 14 nitrogen and oxygen atoms in total. The van der Waals surface area contributed by atoms with Gasteiger partial charge in [0.2, 0.25) is 17.7 Å². The number of aliphatic hydroxyl groups is 3. The van der Waals surface area contributed by atoms with Crippen molar-refractivity contribution in [1.82, 2.24) is 16.0 Å². The van der Waals surface area contributed by atoms with Gasteiger partial charge in [0.15, 0.2) is 0 Å². The number of carbonyl (C=O) groups excluding carboxylic acids is 3. The lowest BCUT2D eigenvalue weighted by Gasteiger charge is -2.25. The minimum Gasteiger partial charge on any atom is -0.481 e. The molecule has 29 heavy (non-hydrogen) atoms. The highest BCUT2D eigenvalue weighted by atomic mass is 16.4. The lowest BCUT2D eigenvalue weighted by atomic mass is 10.1. The molecule has 0 aliphatic heterocycles. The van der Waals surface area contributed by atoms with Gasteiger partial charge >= 0.3 is 11.9 Å². The van der Waals surface area contributed by atoms with Crippen LogP contribution in [0.25, 0.3) is 0 Å². The van der Waals surface area contributed by atoms with Gasteiger partial charge in [0.05, 0.1) is 25.4 Å². The smallest absolute Gasteiger partial charge is 0.328 e. The molecule has 0 saturated heterocycles. The number of carboxylic acids is 2. The summed E-state index contributed by atoms with van der Waals surface area (Å²) < 4.78 is 0. The SMILES string of the molecule is CC(O)C(NC(=O)C(N)CCC(=O)O)C(=O)NC(CO)C(=O)NC(CO)C(=O)O. The molecule has 0 saturated carbocycles. The molecule has 3 amide bonds. The van der Waals surface area contributed by atoms with E-state index in [-0.39, 0.29) is 6.42 Å². The summed E-state index contributed by atoms with van der Waals surface area (Å²) in [4.78, 5) is 57.6. The van der Waals surface area contributed by atoms with Crippen LogP contribution in [-0.2, 0) is 24.0 Å². The van der Waals surface area contributed by atoms with E-state index in [0.717, 1.165) is 6.92 Å². The number of aliphatic hydroxyl groups excluding tert-OH is 3. The summed E-state index contributed by atoms with van der Waals surface area (Å²) in [5, 5.41) is 51.3. The molecular weight excluding hydrogens is 396 g/mol. The molecule has 0 aromatic rings. The zero-order valence-electron chi connectivity index (χ0n) is 15.6. The number of aliphatic carboxylic acids is 2. The van der Waals surface area contributed by atoms with Crippen LogP contribution >= 0.6 is 0 Å². The molecule has 0 spiro atoms. The first-order valence-electron chi connectivity index (χ1n) is 8.45. The molecule has 0 rings (SSSR count). The fourth-order valence-electron chi connectivity index (χ4n) is 1.99. The lowest BCUT2D eigenvalue weighted by molar-refractivity contribution is -0.144. The molecule has 14 heteroatoms. The average Bonchev–Trinajstić information content (AvgIpc) is 2.64. The topological polar surface area (TPSA) is 249 Å². The van der Waals surface area contributed by atoms with Gasteiger partial charge in [-0.1, -0.05) is 0 Å². The first-order valence-corrected chi connectivity index (χ1v) is 8.45. The molecule has 0 aliphatic rings. The van der Waals surface area contributed by atoms with E-state index < -0.39 is 79.6 Å². The molecule has 0 aliphatic carbocycles. The van der Waals surface area contributed by atoms with Crippen LogP contribution in [0.4, 0.5) is 0 Å². The Labute approximate surface area is 165 Å². The predicted molar refractivity (Wildman–Crippen MR) is 94.1 cm³/mol. The van der Waals surface area contributed by atoms with Crippen LogP contribution in [-0.4, -0.2) is 98.7 Å². The average molecular weight is 422 g/mol. The number of carboxylic acid groups (broad SMARTS) is 2. The van der Waals surface area contributed by atoms with Crippen molar-refractivity contribution in [2.24, 2.45) is 5.73 Å². The van der Waals surface area contributed by atoms with Crippen molar-refractivity contribution < 1.29 is 49.5 Å². The second-order valence-electron chi connectivity index (χ2n) is 6.09. The van der Waals surface area contributed by atoms with Crippen molar-refractivity contribution in [3.8, 4) is 0 Å².